The SMILES string of the molecule is C=CCOc1cccc([C@@H]2C(C(=O)c3cccs3)=C(O)C(=O)N2CCCn2ccnc2)c1. The van der Waals surface area contributed by atoms with E-state index in [1.165, 1.54) is 11.3 Å². The Balaban J connectivity index is 1.67. The van der Waals surface area contributed by atoms with E-state index in [0.717, 1.165) is 0 Å². The summed E-state index contributed by atoms with van der Waals surface area (Å²) in [5, 5.41) is 12.5. The van der Waals surface area contributed by atoms with Crippen molar-refractivity contribution in [1.82, 2.24) is 14.5 Å². The van der Waals surface area contributed by atoms with Crippen molar-refractivity contribution in [3.63, 3.8) is 0 Å². The summed E-state index contributed by atoms with van der Waals surface area (Å²) < 4.78 is 7.57. The Kier molecular flexibility index (Phi) is 6.51. The number of aromatic nitrogens is 2. The van der Waals surface area contributed by atoms with Crippen LogP contribution in [0.25, 0.3) is 0 Å². The van der Waals surface area contributed by atoms with Crippen LogP contribution in [0.5, 0.6) is 5.75 Å². The first kappa shape index (κ1) is 21.6. The highest BCUT2D eigenvalue weighted by Gasteiger charge is 2.43. The molecule has 0 radical (unpaired) electrons. The highest BCUT2D eigenvalue weighted by Crippen LogP contribution is 2.40. The first-order valence-corrected chi connectivity index (χ1v) is 11.1. The van der Waals surface area contributed by atoms with Crippen molar-refractivity contribution in [3.8, 4) is 5.75 Å². The van der Waals surface area contributed by atoms with E-state index < -0.39 is 17.7 Å². The highest BCUT2D eigenvalue weighted by molar-refractivity contribution is 7.12. The van der Waals surface area contributed by atoms with Crippen molar-refractivity contribution in [2.75, 3.05) is 13.2 Å². The summed E-state index contributed by atoms with van der Waals surface area (Å²) in [6.07, 6.45) is 7.55. The van der Waals surface area contributed by atoms with E-state index in [1.807, 2.05) is 22.9 Å². The van der Waals surface area contributed by atoms with Gasteiger partial charge in [0, 0.05) is 25.5 Å². The number of benzene rings is 1. The van der Waals surface area contributed by atoms with Crippen LogP contribution in [0.3, 0.4) is 0 Å². The molecule has 1 aliphatic rings. The van der Waals surface area contributed by atoms with Gasteiger partial charge in [-0.3, -0.25) is 9.59 Å². The van der Waals surface area contributed by atoms with Crippen LogP contribution < -0.4 is 4.74 Å². The van der Waals surface area contributed by atoms with Gasteiger partial charge in [-0.1, -0.05) is 30.9 Å². The lowest BCUT2D eigenvalue weighted by Gasteiger charge is -2.27. The fraction of sp³-hybridized carbons (Fsp3) is 0.208. The summed E-state index contributed by atoms with van der Waals surface area (Å²) in [6, 6.07) is 10.0. The number of imidazole rings is 1. The van der Waals surface area contributed by atoms with Crippen molar-refractivity contribution in [1.29, 1.82) is 0 Å². The average Bonchev–Trinajstić information content (AvgIpc) is 3.56. The lowest BCUT2D eigenvalue weighted by Crippen LogP contribution is -2.32. The fourth-order valence-electron chi connectivity index (χ4n) is 3.78. The molecule has 0 saturated heterocycles. The molecule has 1 N–H and O–H groups in total. The largest absolute Gasteiger partial charge is 0.503 e. The number of thiophene rings is 1. The number of rotatable bonds is 10. The average molecular weight is 450 g/mol. The van der Waals surface area contributed by atoms with Gasteiger partial charge in [-0.2, -0.15) is 0 Å². The van der Waals surface area contributed by atoms with Gasteiger partial charge in [-0.25, -0.2) is 4.98 Å². The minimum Gasteiger partial charge on any atom is -0.503 e. The van der Waals surface area contributed by atoms with E-state index in [-0.39, 0.29) is 11.4 Å². The number of carbonyl (C=O) groups is 2. The van der Waals surface area contributed by atoms with Gasteiger partial charge >= 0.3 is 0 Å². The second-order valence-electron chi connectivity index (χ2n) is 7.30. The molecule has 8 heteroatoms. The molecule has 0 bridgehead atoms. The zero-order chi connectivity index (χ0) is 22.5. The van der Waals surface area contributed by atoms with E-state index in [9.17, 15) is 14.7 Å². The summed E-state index contributed by atoms with van der Waals surface area (Å²) in [7, 11) is 0. The van der Waals surface area contributed by atoms with Gasteiger partial charge < -0.3 is 19.3 Å². The molecule has 1 amide bonds. The molecule has 32 heavy (non-hydrogen) atoms. The molecule has 1 aliphatic heterocycles. The molecule has 0 fully saturated rings. The molecule has 4 rings (SSSR count). The van der Waals surface area contributed by atoms with Gasteiger partial charge in [0.15, 0.2) is 5.76 Å². The van der Waals surface area contributed by atoms with E-state index in [2.05, 4.69) is 11.6 Å². The summed E-state index contributed by atoms with van der Waals surface area (Å²) >= 11 is 1.28. The Morgan fingerprint density at radius 3 is 2.88 bits per heavy atom. The predicted octanol–water partition coefficient (Wildman–Crippen LogP) is 4.18. The lowest BCUT2D eigenvalue weighted by atomic mass is 9.95. The predicted molar refractivity (Wildman–Crippen MR) is 122 cm³/mol. The Hall–Kier alpha value is -3.65. The summed E-state index contributed by atoms with van der Waals surface area (Å²) in [5.41, 5.74) is 0.799. The third-order valence-electron chi connectivity index (χ3n) is 5.21. The van der Waals surface area contributed by atoms with Crippen molar-refractivity contribution >= 4 is 23.0 Å². The van der Waals surface area contributed by atoms with Gasteiger partial charge in [0.25, 0.3) is 5.91 Å². The maximum absolute atomic E-state index is 13.3. The highest BCUT2D eigenvalue weighted by atomic mass is 32.1. The van der Waals surface area contributed by atoms with Gasteiger partial charge in [0.05, 0.1) is 22.8 Å². The van der Waals surface area contributed by atoms with Crippen molar-refractivity contribution < 1.29 is 19.4 Å². The Morgan fingerprint density at radius 1 is 1.28 bits per heavy atom. The monoisotopic (exact) mass is 449 g/mol. The van der Waals surface area contributed by atoms with Gasteiger partial charge in [-0.15, -0.1) is 11.3 Å². The molecule has 7 nitrogen and oxygen atoms in total. The van der Waals surface area contributed by atoms with Crippen LogP contribution in [-0.2, 0) is 11.3 Å². The summed E-state index contributed by atoms with van der Waals surface area (Å²) in [4.78, 5) is 32.4. The first-order chi connectivity index (χ1) is 15.6. The molecule has 164 valence electrons. The number of hydrogen-bond acceptors (Lipinski definition) is 6. The van der Waals surface area contributed by atoms with E-state index >= 15 is 0 Å². The smallest absolute Gasteiger partial charge is 0.290 e. The number of aliphatic hydroxyl groups is 1. The number of Topliss-reactive ketones (excluding diaryl/α,β-unsaturated/α-hetero) is 1. The quantitative estimate of drug-likeness (QED) is 0.371. The molecular weight excluding hydrogens is 426 g/mol. The number of carbonyl (C=O) groups excluding carboxylic acids is 2. The lowest BCUT2D eigenvalue weighted by molar-refractivity contribution is -0.129. The number of aryl methyl sites for hydroxylation is 1. The second-order valence-corrected chi connectivity index (χ2v) is 8.24. The molecule has 2 aromatic heterocycles. The second kappa shape index (κ2) is 9.65. The zero-order valence-corrected chi connectivity index (χ0v) is 18.2. The molecule has 1 atom stereocenters. The molecule has 3 heterocycles. The summed E-state index contributed by atoms with van der Waals surface area (Å²) in [5.74, 6) is -0.778. The number of hydrogen-bond donors (Lipinski definition) is 1. The van der Waals surface area contributed by atoms with E-state index in [0.29, 0.717) is 42.3 Å². The van der Waals surface area contributed by atoms with Crippen LogP contribution >= 0.6 is 11.3 Å². The van der Waals surface area contributed by atoms with Crippen LogP contribution in [0.2, 0.25) is 0 Å². The van der Waals surface area contributed by atoms with Crippen LogP contribution in [-0.4, -0.2) is 44.4 Å². The molecule has 3 aromatic rings. The normalized spacial score (nSPS) is 15.9. The topological polar surface area (TPSA) is 84.7 Å². The molecule has 0 saturated carbocycles. The molecule has 0 aliphatic carbocycles. The minimum absolute atomic E-state index is 0.0981. The summed E-state index contributed by atoms with van der Waals surface area (Å²) in [6.45, 7) is 5.02. The van der Waals surface area contributed by atoms with Gasteiger partial charge in [-0.05, 0) is 35.6 Å². The maximum atomic E-state index is 13.3. The fourth-order valence-corrected chi connectivity index (χ4v) is 4.45. The standard InChI is InChI=1S/C24H23N3O4S/c1-2-13-31-18-7-3-6-17(15-18)21-20(22(28)19-8-4-14-32-19)23(29)24(30)27(21)11-5-10-26-12-9-25-16-26/h2-4,6-9,12,14-16,21,29H,1,5,10-11,13H2/t21-/m1/s1. The van der Waals surface area contributed by atoms with Crippen molar-refractivity contribution in [2.45, 2.75) is 19.0 Å². The minimum atomic E-state index is -0.702. The molecule has 0 unspecified atom stereocenters. The van der Waals surface area contributed by atoms with Crippen molar-refractivity contribution in [2.24, 2.45) is 0 Å². The van der Waals surface area contributed by atoms with Crippen LogP contribution in [0.4, 0.5) is 0 Å². The van der Waals surface area contributed by atoms with Crippen LogP contribution in [0, 0.1) is 0 Å². The zero-order valence-electron chi connectivity index (χ0n) is 17.4. The number of nitrogens with zero attached hydrogens (tertiary/aromatic N) is 3. The number of ether oxygens (including phenoxy) is 1. The third-order valence-corrected chi connectivity index (χ3v) is 6.08. The number of amides is 1. The van der Waals surface area contributed by atoms with Crippen LogP contribution in [0.15, 0.2) is 84.5 Å². The van der Waals surface area contributed by atoms with Gasteiger partial charge in [0.2, 0.25) is 5.78 Å². The van der Waals surface area contributed by atoms with E-state index in [1.54, 1.807) is 53.1 Å². The van der Waals surface area contributed by atoms with E-state index in [4.69, 9.17) is 4.74 Å². The van der Waals surface area contributed by atoms with Crippen LogP contribution in [0.1, 0.15) is 27.7 Å². The Labute approximate surface area is 189 Å². The number of ketones is 1. The molecular formula is C24H23N3O4S. The van der Waals surface area contributed by atoms with Gasteiger partial charge in [0.1, 0.15) is 12.4 Å². The molecule has 1 aromatic carbocycles. The number of aliphatic hydroxyl groups excluding tert-OH is 1. The third kappa shape index (κ3) is 4.36. The molecule has 0 spiro atoms. The first-order valence-electron chi connectivity index (χ1n) is 10.2. The Morgan fingerprint density at radius 2 is 2.16 bits per heavy atom. The maximum Gasteiger partial charge on any atom is 0.290 e. The Bertz CT molecular complexity index is 1140. The van der Waals surface area contributed by atoms with Crippen molar-refractivity contribution in [3.05, 3.63) is 94.9 Å².